The van der Waals surface area contributed by atoms with Crippen LogP contribution in [0.1, 0.15) is 41.6 Å². The van der Waals surface area contributed by atoms with Crippen LogP contribution in [0.5, 0.6) is 0 Å². The van der Waals surface area contributed by atoms with Crippen LogP contribution in [0, 0.1) is 0 Å². The van der Waals surface area contributed by atoms with Crippen LogP contribution in [0.2, 0.25) is 5.02 Å². The van der Waals surface area contributed by atoms with Gasteiger partial charge in [0.15, 0.2) is 10.5 Å². The topological polar surface area (TPSA) is 100 Å². The van der Waals surface area contributed by atoms with Gasteiger partial charge in [-0.25, -0.2) is 14.6 Å². The molecule has 0 fully saturated rings. The molecule has 0 N–H and O–H groups in total. The van der Waals surface area contributed by atoms with Gasteiger partial charge in [-0.05, 0) is 55.8 Å². The molecule has 0 saturated heterocycles. The Hall–Kier alpha value is -4.42. The number of rotatable bonds is 7. The van der Waals surface area contributed by atoms with Gasteiger partial charge >= 0.3 is 18.1 Å². The van der Waals surface area contributed by atoms with Gasteiger partial charge in [-0.2, -0.15) is 13.2 Å². The fourth-order valence-electron chi connectivity index (χ4n) is 4.50. The first-order chi connectivity index (χ1) is 20.5. The van der Waals surface area contributed by atoms with Crippen molar-refractivity contribution in [3.05, 3.63) is 114 Å². The molecule has 0 amide bonds. The Morgan fingerprint density at radius 2 is 1.65 bits per heavy atom. The monoisotopic (exact) mass is 630 g/mol. The highest BCUT2D eigenvalue weighted by atomic mass is 35.5. The van der Waals surface area contributed by atoms with Crippen LogP contribution in [-0.2, 0) is 14.3 Å². The third-order valence-electron chi connectivity index (χ3n) is 6.36. The molecule has 1 atom stereocenters. The first-order valence-electron chi connectivity index (χ1n) is 12.9. The van der Waals surface area contributed by atoms with Crippen molar-refractivity contribution in [2.45, 2.75) is 26.1 Å². The van der Waals surface area contributed by atoms with Crippen LogP contribution in [0.4, 0.5) is 13.2 Å². The summed E-state index contributed by atoms with van der Waals surface area (Å²) in [4.78, 5) is 42.0. The average Bonchev–Trinajstić information content (AvgIpc) is 3.57. The van der Waals surface area contributed by atoms with E-state index in [0.717, 1.165) is 15.9 Å². The second-order valence-corrected chi connectivity index (χ2v) is 10.6. The lowest BCUT2D eigenvalue weighted by Crippen LogP contribution is -2.41. The second kappa shape index (κ2) is 12.1. The van der Waals surface area contributed by atoms with Gasteiger partial charge in [-0.3, -0.25) is 9.36 Å². The molecule has 0 saturated carbocycles. The van der Waals surface area contributed by atoms with E-state index in [1.54, 1.807) is 43.3 Å². The smallest absolute Gasteiger partial charge is 0.434 e. The number of hydrogen-bond donors (Lipinski definition) is 0. The Bertz CT molecular complexity index is 1900. The molecular weight excluding hydrogens is 609 g/mol. The molecule has 13 heteroatoms. The van der Waals surface area contributed by atoms with Gasteiger partial charge in [0.05, 0.1) is 34.9 Å². The number of benzene rings is 2. The first-order valence-corrected chi connectivity index (χ1v) is 14.1. The molecule has 5 rings (SSSR count). The largest absolute Gasteiger partial charge is 0.463 e. The van der Waals surface area contributed by atoms with Gasteiger partial charge in [0.2, 0.25) is 0 Å². The SMILES string of the molecule is CCOC(=O)C1=C(C(F)(F)F)N=c2s/c(=C\c3ccc(-c4ccc(C(=O)OCC)cc4)o3)c(=O)n2[C@H]1c1ccc(Cl)cc1. The first kappa shape index (κ1) is 30.1. The number of nitrogens with zero attached hydrogens (tertiary/aromatic N) is 2. The van der Waals surface area contributed by atoms with Crippen molar-refractivity contribution in [2.24, 2.45) is 4.99 Å². The minimum Gasteiger partial charge on any atom is -0.463 e. The number of alkyl halides is 3. The second-order valence-electron chi connectivity index (χ2n) is 9.11. The predicted molar refractivity (Wildman–Crippen MR) is 152 cm³/mol. The number of fused-ring (bicyclic) bond motifs is 1. The normalized spacial score (nSPS) is 15.2. The number of furan rings is 1. The maximum Gasteiger partial charge on any atom is 0.434 e. The van der Waals surface area contributed by atoms with E-state index in [1.165, 1.54) is 37.3 Å². The summed E-state index contributed by atoms with van der Waals surface area (Å²) in [6.07, 6.45) is -3.62. The van der Waals surface area contributed by atoms with Gasteiger partial charge in [-0.15, -0.1) is 0 Å². The molecule has 0 unspecified atom stereocenters. The van der Waals surface area contributed by atoms with E-state index in [-0.39, 0.29) is 33.9 Å². The number of carbonyl (C=O) groups is 2. The third-order valence-corrected chi connectivity index (χ3v) is 7.60. The molecule has 0 aliphatic carbocycles. The van der Waals surface area contributed by atoms with E-state index in [9.17, 15) is 27.6 Å². The van der Waals surface area contributed by atoms with Crippen molar-refractivity contribution in [2.75, 3.05) is 13.2 Å². The Kier molecular flexibility index (Phi) is 8.43. The van der Waals surface area contributed by atoms with Gasteiger partial charge in [0.25, 0.3) is 5.56 Å². The number of esters is 2. The molecule has 2 aromatic carbocycles. The molecule has 0 radical (unpaired) electrons. The molecule has 0 spiro atoms. The summed E-state index contributed by atoms with van der Waals surface area (Å²) >= 11 is 6.73. The van der Waals surface area contributed by atoms with Crippen molar-refractivity contribution in [1.82, 2.24) is 4.57 Å². The Morgan fingerprint density at radius 3 is 2.28 bits per heavy atom. The summed E-state index contributed by atoms with van der Waals surface area (Å²) in [5.41, 5.74) is -1.70. The summed E-state index contributed by atoms with van der Waals surface area (Å²) in [5, 5.41) is 0.318. The summed E-state index contributed by atoms with van der Waals surface area (Å²) in [5.74, 6) is -1.02. The number of halogens is 4. The van der Waals surface area contributed by atoms with Crippen LogP contribution in [-0.4, -0.2) is 35.9 Å². The lowest BCUT2D eigenvalue weighted by atomic mass is 9.95. The average molecular weight is 631 g/mol. The summed E-state index contributed by atoms with van der Waals surface area (Å²) in [6, 6.07) is 14.1. The third kappa shape index (κ3) is 6.06. The van der Waals surface area contributed by atoms with Crippen molar-refractivity contribution in [1.29, 1.82) is 0 Å². The van der Waals surface area contributed by atoms with E-state index >= 15 is 0 Å². The summed E-state index contributed by atoms with van der Waals surface area (Å²) in [6.45, 7) is 3.23. The van der Waals surface area contributed by atoms with Crippen molar-refractivity contribution < 1.29 is 36.7 Å². The fraction of sp³-hybridized carbons (Fsp3) is 0.200. The molecular formula is C30H22ClF3N2O6S. The molecule has 1 aliphatic rings. The Balaban J connectivity index is 1.61. The molecule has 2 aromatic heterocycles. The van der Waals surface area contributed by atoms with Gasteiger partial charge < -0.3 is 13.9 Å². The summed E-state index contributed by atoms with van der Waals surface area (Å²) in [7, 11) is 0. The zero-order chi connectivity index (χ0) is 30.9. The van der Waals surface area contributed by atoms with E-state index in [2.05, 4.69) is 4.99 Å². The standard InChI is InChI=1S/C30H22ClF3N2O6S/c1-3-40-27(38)18-7-5-16(6-8-18)21-14-13-20(42-21)15-22-26(37)36-24(17-9-11-19(31)12-10-17)23(28(39)41-4-2)25(30(32,33)34)35-29(36)43-22/h5-15,24H,3-4H2,1-2H3/b22-15-/t24-/m0/s1. The maximum atomic E-state index is 14.3. The Labute approximate surface area is 251 Å². The summed E-state index contributed by atoms with van der Waals surface area (Å²) < 4.78 is 59.7. The molecule has 3 heterocycles. The van der Waals surface area contributed by atoms with Gasteiger partial charge in [0, 0.05) is 16.7 Å². The number of carbonyl (C=O) groups excluding carboxylic acids is 2. The fourth-order valence-corrected chi connectivity index (χ4v) is 5.61. The van der Waals surface area contributed by atoms with Crippen molar-refractivity contribution in [3.63, 3.8) is 0 Å². The van der Waals surface area contributed by atoms with Crippen LogP contribution in [0.25, 0.3) is 17.4 Å². The molecule has 4 aromatic rings. The molecule has 43 heavy (non-hydrogen) atoms. The Morgan fingerprint density at radius 1 is 1.00 bits per heavy atom. The van der Waals surface area contributed by atoms with E-state index < -0.39 is 41.0 Å². The maximum absolute atomic E-state index is 14.3. The molecule has 222 valence electrons. The van der Waals surface area contributed by atoms with Gasteiger partial charge in [-0.1, -0.05) is 47.2 Å². The highest BCUT2D eigenvalue weighted by molar-refractivity contribution is 7.07. The molecule has 8 nitrogen and oxygen atoms in total. The number of aromatic nitrogens is 1. The number of ether oxygens (including phenoxy) is 2. The lowest BCUT2D eigenvalue weighted by Gasteiger charge is -2.26. The zero-order valence-corrected chi connectivity index (χ0v) is 24.2. The van der Waals surface area contributed by atoms with Crippen LogP contribution >= 0.6 is 22.9 Å². The van der Waals surface area contributed by atoms with E-state index in [4.69, 9.17) is 25.5 Å². The zero-order valence-electron chi connectivity index (χ0n) is 22.6. The number of hydrogen-bond acceptors (Lipinski definition) is 8. The highest BCUT2D eigenvalue weighted by Gasteiger charge is 2.45. The van der Waals surface area contributed by atoms with Crippen molar-refractivity contribution in [3.8, 4) is 11.3 Å². The minimum absolute atomic E-state index is 0.0305. The van der Waals surface area contributed by atoms with Crippen LogP contribution in [0.15, 0.2) is 86.1 Å². The van der Waals surface area contributed by atoms with Crippen LogP contribution in [0.3, 0.4) is 0 Å². The van der Waals surface area contributed by atoms with Gasteiger partial charge in [0.1, 0.15) is 11.5 Å². The lowest BCUT2D eigenvalue weighted by molar-refractivity contribution is -0.140. The quantitative estimate of drug-likeness (QED) is 0.253. The van der Waals surface area contributed by atoms with Crippen LogP contribution < -0.4 is 14.9 Å². The highest BCUT2D eigenvalue weighted by Crippen LogP contribution is 2.38. The predicted octanol–water partition coefficient (Wildman–Crippen LogP) is 5.43. The van der Waals surface area contributed by atoms with E-state index in [1.807, 2.05) is 0 Å². The number of allylic oxidation sites excluding steroid dienone is 1. The number of thiazole rings is 1. The van der Waals surface area contributed by atoms with E-state index in [0.29, 0.717) is 21.9 Å². The van der Waals surface area contributed by atoms with Crippen molar-refractivity contribution >= 4 is 41.0 Å². The molecule has 1 aliphatic heterocycles. The molecule has 0 bridgehead atoms. The minimum atomic E-state index is -5.01.